The van der Waals surface area contributed by atoms with Gasteiger partial charge in [0.1, 0.15) is 0 Å². The predicted molar refractivity (Wildman–Crippen MR) is 56.7 cm³/mol. The molecule has 0 N–H and O–H groups in total. The predicted octanol–water partition coefficient (Wildman–Crippen LogP) is 2.89. The van der Waals surface area contributed by atoms with Crippen LogP contribution >= 0.6 is 0 Å². The van der Waals surface area contributed by atoms with Crippen LogP contribution in [-0.4, -0.2) is 24.7 Å². The maximum Gasteiger partial charge on any atom is 0.219 e. The molecule has 0 radical (unpaired) electrons. The zero-order valence-corrected chi connectivity index (χ0v) is 8.84. The van der Waals surface area contributed by atoms with Gasteiger partial charge in [-0.1, -0.05) is 39.3 Å². The SMILES string of the molecule is CCB(C)N(C)C1CCCCC1. The number of hydrogen-bond acceptors (Lipinski definition) is 1. The quantitative estimate of drug-likeness (QED) is 0.584. The Morgan fingerprint density at radius 2 is 1.83 bits per heavy atom. The van der Waals surface area contributed by atoms with Crippen molar-refractivity contribution >= 4 is 6.85 Å². The lowest BCUT2D eigenvalue weighted by Crippen LogP contribution is -2.42. The standard InChI is InChI=1S/C10H22BN/c1-4-11(2)12(3)10-8-6-5-7-9-10/h10H,4-9H2,1-3H3. The van der Waals surface area contributed by atoms with Crippen LogP contribution in [-0.2, 0) is 0 Å². The van der Waals surface area contributed by atoms with E-state index >= 15 is 0 Å². The molecular formula is C10H22BN. The van der Waals surface area contributed by atoms with Gasteiger partial charge in [-0.3, -0.25) is 0 Å². The molecule has 12 heavy (non-hydrogen) atoms. The first-order chi connectivity index (χ1) is 5.75. The number of nitrogens with zero attached hydrogens (tertiary/aromatic N) is 1. The Hall–Kier alpha value is 0.0249. The molecule has 0 bridgehead atoms. The third kappa shape index (κ3) is 2.51. The van der Waals surface area contributed by atoms with Crippen molar-refractivity contribution in [2.75, 3.05) is 7.05 Å². The van der Waals surface area contributed by atoms with Gasteiger partial charge >= 0.3 is 0 Å². The summed E-state index contributed by atoms with van der Waals surface area (Å²) in [7, 11) is 2.30. The minimum absolute atomic E-state index is 0.771. The molecule has 1 saturated carbocycles. The van der Waals surface area contributed by atoms with E-state index in [2.05, 4.69) is 25.6 Å². The Balaban J connectivity index is 2.33. The summed E-state index contributed by atoms with van der Waals surface area (Å²) in [5, 5.41) is 0. The smallest absolute Gasteiger partial charge is 0.219 e. The van der Waals surface area contributed by atoms with E-state index in [0.717, 1.165) is 12.9 Å². The first kappa shape index (κ1) is 10.1. The summed E-state index contributed by atoms with van der Waals surface area (Å²) in [5.41, 5.74) is 0. The van der Waals surface area contributed by atoms with Crippen molar-refractivity contribution < 1.29 is 0 Å². The van der Waals surface area contributed by atoms with Crippen molar-refractivity contribution in [2.24, 2.45) is 0 Å². The highest BCUT2D eigenvalue weighted by Crippen LogP contribution is 2.22. The van der Waals surface area contributed by atoms with Crippen molar-refractivity contribution in [2.45, 2.75) is 58.2 Å². The van der Waals surface area contributed by atoms with Gasteiger partial charge in [0.25, 0.3) is 0 Å². The van der Waals surface area contributed by atoms with Crippen LogP contribution in [0.15, 0.2) is 0 Å². The van der Waals surface area contributed by atoms with Crippen molar-refractivity contribution in [3.8, 4) is 0 Å². The Labute approximate surface area is 77.6 Å². The van der Waals surface area contributed by atoms with Gasteiger partial charge in [-0.25, -0.2) is 0 Å². The molecule has 0 aliphatic heterocycles. The molecule has 1 aliphatic rings. The van der Waals surface area contributed by atoms with Crippen LogP contribution in [0, 0.1) is 0 Å². The highest BCUT2D eigenvalue weighted by molar-refractivity contribution is 6.54. The molecule has 1 nitrogen and oxygen atoms in total. The molecule has 0 spiro atoms. The lowest BCUT2D eigenvalue weighted by atomic mass is 9.59. The van der Waals surface area contributed by atoms with Crippen molar-refractivity contribution in [3.63, 3.8) is 0 Å². The van der Waals surface area contributed by atoms with Crippen LogP contribution < -0.4 is 0 Å². The number of rotatable bonds is 3. The van der Waals surface area contributed by atoms with Gasteiger partial charge in [0, 0.05) is 0 Å². The van der Waals surface area contributed by atoms with Gasteiger partial charge in [0.2, 0.25) is 6.85 Å². The zero-order chi connectivity index (χ0) is 8.97. The van der Waals surface area contributed by atoms with Gasteiger partial charge in [-0.2, -0.15) is 0 Å². The van der Waals surface area contributed by atoms with E-state index in [9.17, 15) is 0 Å². The monoisotopic (exact) mass is 167 g/mol. The molecule has 0 saturated heterocycles. The van der Waals surface area contributed by atoms with Crippen LogP contribution in [0.3, 0.4) is 0 Å². The molecular weight excluding hydrogens is 145 g/mol. The average Bonchev–Trinajstić information content (AvgIpc) is 2.17. The summed E-state index contributed by atoms with van der Waals surface area (Å²) in [5.74, 6) is 0. The lowest BCUT2D eigenvalue weighted by molar-refractivity contribution is 0.286. The summed E-state index contributed by atoms with van der Waals surface area (Å²) in [6.07, 6.45) is 8.51. The van der Waals surface area contributed by atoms with Crippen molar-refractivity contribution in [3.05, 3.63) is 0 Å². The molecule has 0 atom stereocenters. The van der Waals surface area contributed by atoms with Crippen LogP contribution in [0.5, 0.6) is 0 Å². The van der Waals surface area contributed by atoms with Crippen LogP contribution in [0.2, 0.25) is 13.1 Å². The molecule has 2 heteroatoms. The summed E-state index contributed by atoms with van der Waals surface area (Å²) in [6, 6.07) is 0.883. The van der Waals surface area contributed by atoms with Gasteiger partial charge in [-0.05, 0) is 25.9 Å². The highest BCUT2D eigenvalue weighted by atomic mass is 15.1. The molecule has 70 valence electrons. The first-order valence-electron chi connectivity index (χ1n) is 5.47. The zero-order valence-electron chi connectivity index (χ0n) is 8.84. The minimum Gasteiger partial charge on any atom is -0.342 e. The van der Waals surface area contributed by atoms with E-state index in [-0.39, 0.29) is 0 Å². The van der Waals surface area contributed by atoms with Crippen LogP contribution in [0.4, 0.5) is 0 Å². The minimum atomic E-state index is 0.771. The van der Waals surface area contributed by atoms with E-state index in [0.29, 0.717) is 0 Å². The summed E-state index contributed by atoms with van der Waals surface area (Å²) < 4.78 is 0. The molecule has 0 aromatic rings. The molecule has 1 fully saturated rings. The van der Waals surface area contributed by atoms with Gasteiger partial charge in [0.15, 0.2) is 0 Å². The third-order valence-corrected chi connectivity index (χ3v) is 3.44. The first-order valence-corrected chi connectivity index (χ1v) is 5.47. The van der Waals surface area contributed by atoms with E-state index in [1.807, 2.05) is 0 Å². The van der Waals surface area contributed by atoms with Crippen molar-refractivity contribution in [1.29, 1.82) is 0 Å². The molecule has 0 aromatic carbocycles. The Morgan fingerprint density at radius 1 is 1.25 bits per heavy atom. The van der Waals surface area contributed by atoms with Gasteiger partial charge in [0.05, 0.1) is 0 Å². The molecule has 0 amide bonds. The summed E-state index contributed by atoms with van der Waals surface area (Å²) in [4.78, 5) is 2.58. The Kier molecular flexibility index (Phi) is 4.13. The maximum atomic E-state index is 2.58. The second-order valence-corrected chi connectivity index (χ2v) is 4.21. The number of hydrogen-bond donors (Lipinski definition) is 0. The van der Waals surface area contributed by atoms with Gasteiger partial charge < -0.3 is 4.81 Å². The summed E-state index contributed by atoms with van der Waals surface area (Å²) in [6.45, 7) is 5.39. The second-order valence-electron chi connectivity index (χ2n) is 4.21. The fourth-order valence-electron chi connectivity index (χ4n) is 2.14. The third-order valence-electron chi connectivity index (χ3n) is 3.44. The fourth-order valence-corrected chi connectivity index (χ4v) is 2.14. The fraction of sp³-hybridized carbons (Fsp3) is 1.00. The van der Waals surface area contributed by atoms with E-state index in [1.165, 1.54) is 38.4 Å². The Morgan fingerprint density at radius 3 is 2.33 bits per heavy atom. The van der Waals surface area contributed by atoms with E-state index in [4.69, 9.17) is 0 Å². The maximum absolute atomic E-state index is 2.58. The van der Waals surface area contributed by atoms with E-state index in [1.54, 1.807) is 0 Å². The largest absolute Gasteiger partial charge is 0.342 e. The van der Waals surface area contributed by atoms with Crippen LogP contribution in [0.1, 0.15) is 39.0 Å². The molecule has 1 aliphatic carbocycles. The topological polar surface area (TPSA) is 3.24 Å². The normalized spacial score (nSPS) is 20.0. The molecule has 0 heterocycles. The highest BCUT2D eigenvalue weighted by Gasteiger charge is 2.22. The van der Waals surface area contributed by atoms with Crippen molar-refractivity contribution in [1.82, 2.24) is 4.81 Å². The Bertz CT molecular complexity index is 121. The summed E-state index contributed by atoms with van der Waals surface area (Å²) >= 11 is 0. The van der Waals surface area contributed by atoms with E-state index < -0.39 is 0 Å². The molecule has 0 unspecified atom stereocenters. The lowest BCUT2D eigenvalue weighted by Gasteiger charge is -2.34. The molecule has 1 rings (SSSR count). The van der Waals surface area contributed by atoms with Crippen LogP contribution in [0.25, 0.3) is 0 Å². The second kappa shape index (κ2) is 4.91. The average molecular weight is 167 g/mol. The van der Waals surface area contributed by atoms with Gasteiger partial charge in [-0.15, -0.1) is 0 Å². The molecule has 0 aromatic heterocycles.